The molecule has 1 saturated heterocycles. The van der Waals surface area contributed by atoms with E-state index in [1.165, 1.54) is 24.3 Å². The van der Waals surface area contributed by atoms with Crippen LogP contribution in [0.15, 0.2) is 72.4 Å². The molecule has 182 valence electrons. The molecule has 0 saturated carbocycles. The molecule has 1 unspecified atom stereocenters. The van der Waals surface area contributed by atoms with Crippen LogP contribution in [0.25, 0.3) is 27.6 Å². The molecular formula is C27H24F2N6S. The normalized spacial score (nSPS) is 16.4. The third-order valence-electron chi connectivity index (χ3n) is 6.44. The molecule has 0 amide bonds. The average Bonchev–Trinajstić information content (AvgIpc) is 3.48. The zero-order valence-electron chi connectivity index (χ0n) is 19.4. The molecule has 0 radical (unpaired) electrons. The van der Waals surface area contributed by atoms with E-state index >= 15 is 0 Å². The van der Waals surface area contributed by atoms with Gasteiger partial charge < -0.3 is 5.32 Å². The van der Waals surface area contributed by atoms with Gasteiger partial charge in [-0.3, -0.25) is 9.30 Å². The van der Waals surface area contributed by atoms with Crippen molar-refractivity contribution in [2.75, 3.05) is 18.4 Å². The summed E-state index contributed by atoms with van der Waals surface area (Å²) in [7, 11) is 0. The highest BCUT2D eigenvalue weighted by Crippen LogP contribution is 2.33. The summed E-state index contributed by atoms with van der Waals surface area (Å²) in [5.41, 5.74) is 4.29. The van der Waals surface area contributed by atoms with Gasteiger partial charge in [0, 0.05) is 42.5 Å². The first-order valence-corrected chi connectivity index (χ1v) is 12.8. The SMILES string of the molecule is Fc1ccc(CN2CCCC(Nc3nccc(-c4c(-c5ccc(F)cc5)nc5sccn45)n3)C2)cc1. The zero-order chi connectivity index (χ0) is 24.5. The molecule has 1 atom stereocenters. The Balaban J connectivity index is 1.24. The molecule has 4 heterocycles. The van der Waals surface area contributed by atoms with E-state index < -0.39 is 0 Å². The maximum atomic E-state index is 13.5. The number of thiazole rings is 1. The van der Waals surface area contributed by atoms with Gasteiger partial charge in [-0.25, -0.2) is 23.7 Å². The Morgan fingerprint density at radius 2 is 1.75 bits per heavy atom. The lowest BCUT2D eigenvalue weighted by Gasteiger charge is -2.33. The topological polar surface area (TPSA) is 58.3 Å². The van der Waals surface area contributed by atoms with Gasteiger partial charge in [-0.05, 0) is 67.4 Å². The second-order valence-corrected chi connectivity index (χ2v) is 9.86. The maximum absolute atomic E-state index is 13.5. The summed E-state index contributed by atoms with van der Waals surface area (Å²) < 4.78 is 28.8. The van der Waals surface area contributed by atoms with Gasteiger partial charge >= 0.3 is 0 Å². The number of hydrogen-bond acceptors (Lipinski definition) is 6. The number of fused-ring (bicyclic) bond motifs is 1. The average molecular weight is 503 g/mol. The Hall–Kier alpha value is -3.69. The lowest BCUT2D eigenvalue weighted by Crippen LogP contribution is -2.41. The number of anilines is 1. The summed E-state index contributed by atoms with van der Waals surface area (Å²) in [6.45, 7) is 2.64. The standard InChI is InChI=1S/C27H24F2N6S/c28-20-7-3-18(4-8-20)16-34-13-1-2-22(17-34)31-26-30-12-11-23(32-26)25-24(19-5-9-21(29)10-6-19)33-27-35(25)14-15-36-27/h3-12,14-15,22H,1-2,13,16-17H2,(H,30,31,32). The fourth-order valence-corrected chi connectivity index (χ4v) is 5.46. The third kappa shape index (κ3) is 4.72. The summed E-state index contributed by atoms with van der Waals surface area (Å²) in [5, 5.41) is 5.50. The first-order chi connectivity index (χ1) is 17.6. The van der Waals surface area contributed by atoms with Crippen molar-refractivity contribution < 1.29 is 8.78 Å². The quantitative estimate of drug-likeness (QED) is 0.315. The smallest absolute Gasteiger partial charge is 0.223 e. The molecule has 0 aliphatic carbocycles. The second-order valence-electron chi connectivity index (χ2n) is 8.98. The van der Waals surface area contributed by atoms with Crippen LogP contribution < -0.4 is 5.32 Å². The van der Waals surface area contributed by atoms with Gasteiger partial charge in [-0.2, -0.15) is 0 Å². The van der Waals surface area contributed by atoms with E-state index in [1.807, 2.05) is 34.2 Å². The number of piperidine rings is 1. The molecular weight excluding hydrogens is 478 g/mol. The highest BCUT2D eigenvalue weighted by Gasteiger charge is 2.22. The summed E-state index contributed by atoms with van der Waals surface area (Å²) in [4.78, 5) is 17.4. The molecule has 5 aromatic rings. The van der Waals surface area contributed by atoms with Crippen molar-refractivity contribution >= 4 is 22.2 Å². The molecule has 36 heavy (non-hydrogen) atoms. The molecule has 1 aliphatic heterocycles. The molecule has 1 N–H and O–H groups in total. The monoisotopic (exact) mass is 502 g/mol. The van der Waals surface area contributed by atoms with Gasteiger partial charge in [0.2, 0.25) is 5.95 Å². The van der Waals surface area contributed by atoms with E-state index in [-0.39, 0.29) is 17.7 Å². The number of likely N-dealkylation sites (tertiary alicyclic amines) is 1. The lowest BCUT2D eigenvalue weighted by atomic mass is 10.0. The van der Waals surface area contributed by atoms with Crippen LogP contribution in [-0.2, 0) is 6.54 Å². The van der Waals surface area contributed by atoms with E-state index in [4.69, 9.17) is 9.97 Å². The lowest BCUT2D eigenvalue weighted by molar-refractivity contribution is 0.208. The molecule has 1 fully saturated rings. The Morgan fingerprint density at radius 3 is 2.56 bits per heavy atom. The molecule has 6 nitrogen and oxygen atoms in total. The van der Waals surface area contributed by atoms with Crippen molar-refractivity contribution in [1.29, 1.82) is 0 Å². The molecule has 2 aromatic carbocycles. The van der Waals surface area contributed by atoms with Gasteiger partial charge in [0.1, 0.15) is 17.3 Å². The van der Waals surface area contributed by atoms with Crippen molar-refractivity contribution in [3.05, 3.63) is 89.6 Å². The second kappa shape index (κ2) is 9.75. The minimum Gasteiger partial charge on any atom is -0.350 e. The Kier molecular flexibility index (Phi) is 6.16. The number of rotatable bonds is 6. The molecule has 1 aliphatic rings. The minimum atomic E-state index is -0.282. The van der Waals surface area contributed by atoms with Gasteiger partial charge in [0.25, 0.3) is 0 Å². The first-order valence-electron chi connectivity index (χ1n) is 11.9. The highest BCUT2D eigenvalue weighted by molar-refractivity contribution is 7.15. The van der Waals surface area contributed by atoms with E-state index in [9.17, 15) is 8.78 Å². The highest BCUT2D eigenvalue weighted by atomic mass is 32.1. The summed E-state index contributed by atoms with van der Waals surface area (Å²) in [6.07, 6.45) is 5.81. The predicted octanol–water partition coefficient (Wildman–Crippen LogP) is 5.87. The minimum absolute atomic E-state index is 0.206. The van der Waals surface area contributed by atoms with Crippen LogP contribution in [0.3, 0.4) is 0 Å². The van der Waals surface area contributed by atoms with E-state index in [0.717, 1.165) is 65.6 Å². The molecule has 0 spiro atoms. The maximum Gasteiger partial charge on any atom is 0.223 e. The van der Waals surface area contributed by atoms with Crippen LogP contribution in [0.4, 0.5) is 14.7 Å². The molecule has 0 bridgehead atoms. The zero-order valence-corrected chi connectivity index (χ0v) is 20.3. The first kappa shape index (κ1) is 22.8. The van der Waals surface area contributed by atoms with E-state index in [1.54, 1.807) is 29.7 Å². The molecule has 6 rings (SSSR count). The van der Waals surface area contributed by atoms with Crippen molar-refractivity contribution in [3.63, 3.8) is 0 Å². The summed E-state index contributed by atoms with van der Waals surface area (Å²) >= 11 is 1.54. The number of nitrogens with one attached hydrogen (secondary N) is 1. The van der Waals surface area contributed by atoms with Crippen molar-refractivity contribution in [1.82, 2.24) is 24.3 Å². The van der Waals surface area contributed by atoms with Crippen LogP contribution >= 0.6 is 11.3 Å². The van der Waals surface area contributed by atoms with Crippen LogP contribution in [0.1, 0.15) is 18.4 Å². The van der Waals surface area contributed by atoms with Gasteiger partial charge in [-0.15, -0.1) is 11.3 Å². The fourth-order valence-electron chi connectivity index (χ4n) is 4.75. The third-order valence-corrected chi connectivity index (χ3v) is 7.19. The largest absolute Gasteiger partial charge is 0.350 e. The number of nitrogens with zero attached hydrogens (tertiary/aromatic N) is 5. The fraction of sp³-hybridized carbons (Fsp3) is 0.222. The van der Waals surface area contributed by atoms with Crippen LogP contribution in [-0.4, -0.2) is 43.4 Å². The number of halogens is 2. The van der Waals surface area contributed by atoms with Crippen LogP contribution in [0, 0.1) is 11.6 Å². The number of hydrogen-bond donors (Lipinski definition) is 1. The van der Waals surface area contributed by atoms with Gasteiger partial charge in [0.15, 0.2) is 4.96 Å². The Labute approximate surface area is 211 Å². The number of aromatic nitrogens is 4. The molecule has 9 heteroatoms. The summed E-state index contributed by atoms with van der Waals surface area (Å²) in [5.74, 6) is 0.0710. The van der Waals surface area contributed by atoms with Gasteiger partial charge in [0.05, 0.1) is 11.4 Å². The van der Waals surface area contributed by atoms with Crippen molar-refractivity contribution in [2.24, 2.45) is 0 Å². The van der Waals surface area contributed by atoms with E-state index in [2.05, 4.69) is 15.2 Å². The number of benzene rings is 2. The summed E-state index contributed by atoms with van der Waals surface area (Å²) in [6, 6.07) is 15.2. The Morgan fingerprint density at radius 1 is 0.972 bits per heavy atom. The van der Waals surface area contributed by atoms with Crippen molar-refractivity contribution in [3.8, 4) is 22.6 Å². The van der Waals surface area contributed by atoms with E-state index in [0.29, 0.717) is 5.95 Å². The number of imidazole rings is 1. The van der Waals surface area contributed by atoms with Crippen LogP contribution in [0.5, 0.6) is 0 Å². The van der Waals surface area contributed by atoms with Crippen LogP contribution in [0.2, 0.25) is 0 Å². The van der Waals surface area contributed by atoms with Crippen molar-refractivity contribution in [2.45, 2.75) is 25.4 Å². The molecule has 3 aromatic heterocycles. The van der Waals surface area contributed by atoms with Gasteiger partial charge in [-0.1, -0.05) is 12.1 Å². The Bertz CT molecular complexity index is 1480. The predicted molar refractivity (Wildman–Crippen MR) is 138 cm³/mol.